The van der Waals surface area contributed by atoms with Gasteiger partial charge in [0.1, 0.15) is 0 Å². The molecule has 15 heavy (non-hydrogen) atoms. The highest BCUT2D eigenvalue weighted by Gasteiger charge is 2.18. The van der Waals surface area contributed by atoms with Crippen LogP contribution >= 0.6 is 11.8 Å². The van der Waals surface area contributed by atoms with Crippen molar-refractivity contribution in [2.24, 2.45) is 5.73 Å². The van der Waals surface area contributed by atoms with Gasteiger partial charge in [-0.25, -0.2) is 0 Å². The van der Waals surface area contributed by atoms with Crippen LogP contribution in [0.3, 0.4) is 0 Å². The molecule has 1 aromatic carbocycles. The number of benzene rings is 1. The van der Waals surface area contributed by atoms with Gasteiger partial charge in [0.15, 0.2) is 0 Å². The molecule has 1 aliphatic rings. The lowest BCUT2D eigenvalue weighted by molar-refractivity contribution is -0.115. The summed E-state index contributed by atoms with van der Waals surface area (Å²) in [5.74, 6) is 0.973. The van der Waals surface area contributed by atoms with E-state index >= 15 is 0 Å². The molecule has 0 radical (unpaired) electrons. The minimum absolute atomic E-state index is 0.0565. The number of hydrogen-bond acceptors (Lipinski definition) is 3. The van der Waals surface area contributed by atoms with Gasteiger partial charge in [-0.05, 0) is 23.4 Å². The van der Waals surface area contributed by atoms with Gasteiger partial charge in [0.25, 0.3) is 0 Å². The first-order valence-corrected chi connectivity index (χ1v) is 6.27. The molecule has 1 atom stereocenters. The molecule has 0 spiro atoms. The number of fused-ring (bicyclic) bond motifs is 1. The van der Waals surface area contributed by atoms with Gasteiger partial charge >= 0.3 is 0 Å². The summed E-state index contributed by atoms with van der Waals surface area (Å²) in [5, 5.41) is 2.81. The van der Waals surface area contributed by atoms with Crippen LogP contribution in [0.1, 0.15) is 17.2 Å². The summed E-state index contributed by atoms with van der Waals surface area (Å²) in [6.45, 7) is 0. The van der Waals surface area contributed by atoms with Gasteiger partial charge in [-0.15, -0.1) is 0 Å². The summed E-state index contributed by atoms with van der Waals surface area (Å²) in [6, 6.07) is 6.02. The zero-order chi connectivity index (χ0) is 10.8. The van der Waals surface area contributed by atoms with E-state index in [2.05, 4.69) is 5.32 Å². The highest BCUT2D eigenvalue weighted by atomic mass is 32.2. The molecule has 0 aromatic heterocycles. The number of nitrogens with one attached hydrogen (secondary N) is 1. The van der Waals surface area contributed by atoms with Crippen molar-refractivity contribution < 1.29 is 4.79 Å². The zero-order valence-corrected chi connectivity index (χ0v) is 9.43. The first kappa shape index (κ1) is 10.5. The predicted octanol–water partition coefficient (Wildman–Crippen LogP) is 1.54. The van der Waals surface area contributed by atoms with E-state index in [0.717, 1.165) is 22.6 Å². The SMILES string of the molecule is CSCC(N)c1ccc2c(c1)CC(=O)N2. The highest BCUT2D eigenvalue weighted by molar-refractivity contribution is 7.98. The van der Waals surface area contributed by atoms with Crippen LogP contribution in [0.2, 0.25) is 0 Å². The molecule has 80 valence electrons. The van der Waals surface area contributed by atoms with Gasteiger partial charge < -0.3 is 11.1 Å². The van der Waals surface area contributed by atoms with E-state index in [1.165, 1.54) is 0 Å². The van der Waals surface area contributed by atoms with Crippen LogP contribution in [-0.4, -0.2) is 17.9 Å². The Morgan fingerprint density at radius 1 is 1.60 bits per heavy atom. The number of nitrogens with two attached hydrogens (primary N) is 1. The van der Waals surface area contributed by atoms with Gasteiger partial charge in [0.2, 0.25) is 5.91 Å². The molecule has 1 aliphatic heterocycles. The largest absolute Gasteiger partial charge is 0.326 e. The molecule has 1 unspecified atom stereocenters. The molecule has 0 fully saturated rings. The van der Waals surface area contributed by atoms with E-state index in [9.17, 15) is 4.79 Å². The smallest absolute Gasteiger partial charge is 0.228 e. The lowest BCUT2D eigenvalue weighted by Crippen LogP contribution is -2.12. The van der Waals surface area contributed by atoms with Crippen LogP contribution in [0.5, 0.6) is 0 Å². The molecule has 0 saturated carbocycles. The first-order chi connectivity index (χ1) is 7.20. The number of carbonyl (C=O) groups excluding carboxylic acids is 1. The van der Waals surface area contributed by atoms with E-state index in [1.54, 1.807) is 11.8 Å². The molecular weight excluding hydrogens is 208 g/mol. The fraction of sp³-hybridized carbons (Fsp3) is 0.364. The van der Waals surface area contributed by atoms with Gasteiger partial charge in [0.05, 0.1) is 6.42 Å². The molecule has 4 heteroatoms. The Morgan fingerprint density at radius 3 is 3.13 bits per heavy atom. The Bertz CT molecular complexity index is 392. The molecule has 0 saturated heterocycles. The maximum Gasteiger partial charge on any atom is 0.228 e. The third kappa shape index (κ3) is 2.16. The third-order valence-electron chi connectivity index (χ3n) is 2.53. The number of rotatable bonds is 3. The molecule has 3 nitrogen and oxygen atoms in total. The second-order valence-corrected chi connectivity index (χ2v) is 4.61. The van der Waals surface area contributed by atoms with Crippen molar-refractivity contribution in [3.63, 3.8) is 0 Å². The second-order valence-electron chi connectivity index (χ2n) is 3.70. The average Bonchev–Trinajstić information content (AvgIpc) is 2.57. The molecule has 1 amide bonds. The van der Waals surface area contributed by atoms with Crippen molar-refractivity contribution in [2.45, 2.75) is 12.5 Å². The van der Waals surface area contributed by atoms with E-state index in [1.807, 2.05) is 24.5 Å². The maximum absolute atomic E-state index is 11.2. The Balaban J connectivity index is 2.23. The quantitative estimate of drug-likeness (QED) is 0.815. The normalized spacial score (nSPS) is 16.0. The number of anilines is 1. The molecule has 2 rings (SSSR count). The Kier molecular flexibility index (Phi) is 2.98. The lowest BCUT2D eigenvalue weighted by atomic mass is 10.0. The summed E-state index contributed by atoms with van der Waals surface area (Å²) in [6.07, 6.45) is 2.52. The molecule has 0 aliphatic carbocycles. The maximum atomic E-state index is 11.2. The van der Waals surface area contributed by atoms with Crippen LogP contribution in [-0.2, 0) is 11.2 Å². The van der Waals surface area contributed by atoms with Crippen molar-refractivity contribution in [1.82, 2.24) is 0 Å². The van der Waals surface area contributed by atoms with Gasteiger partial charge in [-0.3, -0.25) is 4.79 Å². The minimum Gasteiger partial charge on any atom is -0.326 e. The Labute approximate surface area is 93.4 Å². The Hall–Kier alpha value is -1.00. The molecule has 0 bridgehead atoms. The van der Waals surface area contributed by atoms with Crippen LogP contribution in [0.4, 0.5) is 5.69 Å². The van der Waals surface area contributed by atoms with Gasteiger partial charge in [-0.2, -0.15) is 11.8 Å². The third-order valence-corrected chi connectivity index (χ3v) is 3.22. The molecular formula is C11H14N2OS. The number of amides is 1. The monoisotopic (exact) mass is 222 g/mol. The van der Waals surface area contributed by atoms with Gasteiger partial charge in [0, 0.05) is 17.5 Å². The predicted molar refractivity (Wildman–Crippen MR) is 64.1 cm³/mol. The summed E-state index contributed by atoms with van der Waals surface area (Å²) in [5.41, 5.74) is 9.11. The van der Waals surface area contributed by atoms with Crippen molar-refractivity contribution in [1.29, 1.82) is 0 Å². The number of hydrogen-bond donors (Lipinski definition) is 2. The fourth-order valence-electron chi connectivity index (χ4n) is 1.76. The van der Waals surface area contributed by atoms with E-state index in [-0.39, 0.29) is 11.9 Å². The van der Waals surface area contributed by atoms with Crippen LogP contribution in [0.25, 0.3) is 0 Å². The minimum atomic E-state index is 0.0565. The van der Waals surface area contributed by atoms with Crippen LogP contribution < -0.4 is 11.1 Å². The first-order valence-electron chi connectivity index (χ1n) is 4.88. The molecule has 1 heterocycles. The lowest BCUT2D eigenvalue weighted by Gasteiger charge is -2.11. The average molecular weight is 222 g/mol. The second kappa shape index (κ2) is 4.24. The van der Waals surface area contributed by atoms with Crippen molar-refractivity contribution >= 4 is 23.4 Å². The van der Waals surface area contributed by atoms with Gasteiger partial charge in [-0.1, -0.05) is 12.1 Å². The topological polar surface area (TPSA) is 55.1 Å². The van der Waals surface area contributed by atoms with E-state index in [4.69, 9.17) is 5.73 Å². The van der Waals surface area contributed by atoms with Crippen LogP contribution in [0.15, 0.2) is 18.2 Å². The summed E-state index contributed by atoms with van der Waals surface area (Å²) < 4.78 is 0. The number of thioether (sulfide) groups is 1. The van der Waals surface area contributed by atoms with Crippen molar-refractivity contribution in [3.8, 4) is 0 Å². The number of carbonyl (C=O) groups is 1. The molecule has 3 N–H and O–H groups in total. The summed E-state index contributed by atoms with van der Waals surface area (Å²) in [4.78, 5) is 11.2. The zero-order valence-electron chi connectivity index (χ0n) is 8.62. The fourth-order valence-corrected chi connectivity index (χ4v) is 2.31. The van der Waals surface area contributed by atoms with Crippen molar-refractivity contribution in [2.75, 3.05) is 17.3 Å². The molecule has 1 aromatic rings. The summed E-state index contributed by atoms with van der Waals surface area (Å²) in [7, 11) is 0. The van der Waals surface area contributed by atoms with E-state index in [0.29, 0.717) is 6.42 Å². The summed E-state index contributed by atoms with van der Waals surface area (Å²) >= 11 is 1.73. The standard InChI is InChI=1S/C11H14N2OS/c1-15-6-9(12)7-2-3-10-8(4-7)5-11(14)13-10/h2-4,9H,5-6,12H2,1H3,(H,13,14). The highest BCUT2D eigenvalue weighted by Crippen LogP contribution is 2.26. The Morgan fingerprint density at radius 2 is 2.40 bits per heavy atom. The van der Waals surface area contributed by atoms with Crippen LogP contribution in [0, 0.1) is 0 Å². The van der Waals surface area contributed by atoms with Crippen molar-refractivity contribution in [3.05, 3.63) is 29.3 Å². The van der Waals surface area contributed by atoms with E-state index < -0.39 is 0 Å².